The molecule has 0 bridgehead atoms. The van der Waals surface area contributed by atoms with Gasteiger partial charge in [0, 0.05) is 17.4 Å². The van der Waals surface area contributed by atoms with Crippen molar-refractivity contribution in [3.63, 3.8) is 0 Å². The highest BCUT2D eigenvalue weighted by Gasteiger charge is 2.08. The SMILES string of the molecule is Cc1nc(SCC(=O)NC(C)C)nc(C)c1C. The maximum absolute atomic E-state index is 11.5. The van der Waals surface area contributed by atoms with Gasteiger partial charge in [-0.2, -0.15) is 0 Å². The first-order chi connectivity index (χ1) is 7.90. The van der Waals surface area contributed by atoms with Gasteiger partial charge in [0.15, 0.2) is 5.16 Å². The molecular weight excluding hydrogens is 234 g/mol. The monoisotopic (exact) mass is 253 g/mol. The van der Waals surface area contributed by atoms with Crippen molar-refractivity contribution in [1.82, 2.24) is 15.3 Å². The number of amides is 1. The van der Waals surface area contributed by atoms with Crippen molar-refractivity contribution in [1.29, 1.82) is 0 Å². The zero-order chi connectivity index (χ0) is 13.0. The van der Waals surface area contributed by atoms with Crippen LogP contribution in [0, 0.1) is 20.8 Å². The zero-order valence-corrected chi connectivity index (χ0v) is 11.8. The lowest BCUT2D eigenvalue weighted by atomic mass is 10.2. The van der Waals surface area contributed by atoms with E-state index in [0.717, 1.165) is 17.0 Å². The lowest BCUT2D eigenvalue weighted by Gasteiger charge is -2.09. The van der Waals surface area contributed by atoms with Gasteiger partial charge in [0.1, 0.15) is 0 Å². The predicted molar refractivity (Wildman–Crippen MR) is 70.2 cm³/mol. The fraction of sp³-hybridized carbons (Fsp3) is 0.583. The molecule has 0 aliphatic carbocycles. The summed E-state index contributed by atoms with van der Waals surface area (Å²) in [5, 5.41) is 3.51. The molecule has 1 N–H and O–H groups in total. The summed E-state index contributed by atoms with van der Waals surface area (Å²) in [6.45, 7) is 9.81. The van der Waals surface area contributed by atoms with Crippen molar-refractivity contribution in [3.8, 4) is 0 Å². The Morgan fingerprint density at radius 3 is 2.24 bits per heavy atom. The third kappa shape index (κ3) is 4.34. The van der Waals surface area contributed by atoms with Crippen molar-refractivity contribution >= 4 is 17.7 Å². The summed E-state index contributed by atoms with van der Waals surface area (Å²) in [6.07, 6.45) is 0. The summed E-state index contributed by atoms with van der Waals surface area (Å²) in [5.74, 6) is 0.379. The fourth-order valence-electron chi connectivity index (χ4n) is 1.30. The van der Waals surface area contributed by atoms with E-state index in [1.807, 2.05) is 34.6 Å². The van der Waals surface area contributed by atoms with Crippen molar-refractivity contribution in [2.24, 2.45) is 0 Å². The predicted octanol–water partition coefficient (Wildman–Crippen LogP) is 2.02. The van der Waals surface area contributed by atoms with Crippen LogP contribution in [-0.2, 0) is 4.79 Å². The van der Waals surface area contributed by atoms with Crippen LogP contribution in [0.15, 0.2) is 5.16 Å². The van der Waals surface area contributed by atoms with E-state index in [9.17, 15) is 4.79 Å². The van der Waals surface area contributed by atoms with Crippen molar-refractivity contribution in [2.75, 3.05) is 5.75 Å². The van der Waals surface area contributed by atoms with Gasteiger partial charge in [-0.1, -0.05) is 11.8 Å². The Morgan fingerprint density at radius 1 is 1.24 bits per heavy atom. The first-order valence-electron chi connectivity index (χ1n) is 5.64. The highest BCUT2D eigenvalue weighted by atomic mass is 32.2. The minimum Gasteiger partial charge on any atom is -0.353 e. The van der Waals surface area contributed by atoms with Crippen LogP contribution in [0.5, 0.6) is 0 Å². The molecule has 0 aliphatic rings. The number of hydrogen-bond donors (Lipinski definition) is 1. The summed E-state index contributed by atoms with van der Waals surface area (Å²) in [6, 6.07) is 0.172. The molecule has 0 spiro atoms. The molecule has 1 heterocycles. The highest BCUT2D eigenvalue weighted by Crippen LogP contribution is 2.16. The highest BCUT2D eigenvalue weighted by molar-refractivity contribution is 7.99. The van der Waals surface area contributed by atoms with Crippen LogP contribution in [0.3, 0.4) is 0 Å². The number of carbonyl (C=O) groups excluding carboxylic acids is 1. The molecule has 0 saturated carbocycles. The smallest absolute Gasteiger partial charge is 0.230 e. The Balaban J connectivity index is 2.61. The number of thioether (sulfide) groups is 1. The van der Waals surface area contributed by atoms with Gasteiger partial charge in [0.2, 0.25) is 5.91 Å². The van der Waals surface area contributed by atoms with E-state index in [2.05, 4.69) is 15.3 Å². The van der Waals surface area contributed by atoms with Gasteiger partial charge in [-0.3, -0.25) is 4.79 Å². The van der Waals surface area contributed by atoms with Gasteiger partial charge in [-0.05, 0) is 40.2 Å². The number of carbonyl (C=O) groups is 1. The first-order valence-corrected chi connectivity index (χ1v) is 6.62. The summed E-state index contributed by atoms with van der Waals surface area (Å²) in [5.41, 5.74) is 3.06. The maximum Gasteiger partial charge on any atom is 0.230 e. The average molecular weight is 253 g/mol. The number of hydrogen-bond acceptors (Lipinski definition) is 4. The number of nitrogens with zero attached hydrogens (tertiary/aromatic N) is 2. The molecule has 4 nitrogen and oxygen atoms in total. The largest absolute Gasteiger partial charge is 0.353 e. The van der Waals surface area contributed by atoms with Crippen molar-refractivity contribution in [3.05, 3.63) is 17.0 Å². The maximum atomic E-state index is 11.5. The minimum atomic E-state index is 0.0180. The Hall–Kier alpha value is -1.10. The van der Waals surface area contributed by atoms with Crippen LogP contribution in [0.4, 0.5) is 0 Å². The quantitative estimate of drug-likeness (QED) is 0.659. The Bertz CT molecular complexity index is 395. The van der Waals surface area contributed by atoms with E-state index in [4.69, 9.17) is 0 Å². The van der Waals surface area contributed by atoms with Gasteiger partial charge in [-0.15, -0.1) is 0 Å². The second kappa shape index (κ2) is 6.00. The topological polar surface area (TPSA) is 54.9 Å². The van der Waals surface area contributed by atoms with Crippen LogP contribution < -0.4 is 5.32 Å². The standard InChI is InChI=1S/C12H19N3OS/c1-7(2)13-11(16)6-17-12-14-9(4)8(3)10(5)15-12/h7H,6H2,1-5H3,(H,13,16). The van der Waals surface area contributed by atoms with E-state index in [-0.39, 0.29) is 11.9 Å². The summed E-state index contributed by atoms with van der Waals surface area (Å²) in [4.78, 5) is 20.2. The third-order valence-corrected chi connectivity index (χ3v) is 3.24. The molecule has 94 valence electrons. The Kier molecular flexibility index (Phi) is 4.93. The van der Waals surface area contributed by atoms with Crippen LogP contribution in [0.1, 0.15) is 30.8 Å². The second-order valence-corrected chi connectivity index (χ2v) is 5.26. The van der Waals surface area contributed by atoms with E-state index in [1.54, 1.807) is 0 Å². The molecule has 0 aliphatic heterocycles. The molecule has 0 atom stereocenters. The number of nitrogens with one attached hydrogen (secondary N) is 1. The van der Waals surface area contributed by atoms with Crippen molar-refractivity contribution < 1.29 is 4.79 Å². The van der Waals surface area contributed by atoms with Crippen LogP contribution in [0.25, 0.3) is 0 Å². The average Bonchev–Trinajstić information content (AvgIpc) is 2.22. The molecular formula is C12H19N3OS. The molecule has 1 amide bonds. The summed E-state index contributed by atoms with van der Waals surface area (Å²) in [7, 11) is 0. The molecule has 1 rings (SSSR count). The first kappa shape index (κ1) is 14.0. The molecule has 1 aromatic rings. The molecule has 1 aromatic heterocycles. The van der Waals surface area contributed by atoms with E-state index >= 15 is 0 Å². The zero-order valence-electron chi connectivity index (χ0n) is 11.0. The fourth-order valence-corrected chi connectivity index (χ4v) is 2.05. The minimum absolute atomic E-state index is 0.0180. The number of aryl methyl sites for hydroxylation is 2. The normalized spacial score (nSPS) is 10.7. The molecule has 5 heteroatoms. The van der Waals surface area contributed by atoms with E-state index in [1.165, 1.54) is 11.8 Å². The van der Waals surface area contributed by atoms with Crippen LogP contribution in [-0.4, -0.2) is 27.7 Å². The number of rotatable bonds is 4. The third-order valence-electron chi connectivity index (χ3n) is 2.39. The van der Waals surface area contributed by atoms with Crippen molar-refractivity contribution in [2.45, 2.75) is 45.8 Å². The van der Waals surface area contributed by atoms with E-state index < -0.39 is 0 Å². The molecule has 0 radical (unpaired) electrons. The molecule has 0 fully saturated rings. The lowest BCUT2D eigenvalue weighted by Crippen LogP contribution is -2.31. The van der Waals surface area contributed by atoms with Crippen LogP contribution >= 0.6 is 11.8 Å². The Morgan fingerprint density at radius 2 is 1.76 bits per heavy atom. The molecule has 0 saturated heterocycles. The van der Waals surface area contributed by atoms with Gasteiger partial charge < -0.3 is 5.32 Å². The summed E-state index contributed by atoms with van der Waals surface area (Å²) < 4.78 is 0. The van der Waals surface area contributed by atoms with Gasteiger partial charge in [0.05, 0.1) is 5.75 Å². The lowest BCUT2D eigenvalue weighted by molar-refractivity contribution is -0.119. The van der Waals surface area contributed by atoms with Gasteiger partial charge in [-0.25, -0.2) is 9.97 Å². The van der Waals surface area contributed by atoms with Gasteiger partial charge in [0.25, 0.3) is 0 Å². The second-order valence-electron chi connectivity index (χ2n) is 4.31. The number of aromatic nitrogens is 2. The van der Waals surface area contributed by atoms with Crippen LogP contribution in [0.2, 0.25) is 0 Å². The molecule has 0 aromatic carbocycles. The molecule has 17 heavy (non-hydrogen) atoms. The molecule has 0 unspecified atom stereocenters. The Labute approximate surface area is 107 Å². The van der Waals surface area contributed by atoms with E-state index in [0.29, 0.717) is 10.9 Å². The van der Waals surface area contributed by atoms with Gasteiger partial charge >= 0.3 is 0 Å². The summed E-state index contributed by atoms with van der Waals surface area (Å²) >= 11 is 1.37.